The highest BCUT2D eigenvalue weighted by Gasteiger charge is 2.34. The molecule has 0 unspecified atom stereocenters. The van der Waals surface area contributed by atoms with E-state index in [2.05, 4.69) is 4.98 Å². The second-order valence-corrected chi connectivity index (χ2v) is 6.37. The first kappa shape index (κ1) is 13.4. The Hall–Kier alpha value is -1.63. The maximum atomic E-state index is 12.3. The zero-order valence-corrected chi connectivity index (χ0v) is 12.2. The number of hydrogen-bond acceptors (Lipinski definition) is 4. The van der Waals surface area contributed by atoms with Crippen LogP contribution in [0.3, 0.4) is 0 Å². The molecule has 0 atom stereocenters. The number of hydrogen-bond donors (Lipinski definition) is 1. The quantitative estimate of drug-likeness (QED) is 0.924. The summed E-state index contributed by atoms with van der Waals surface area (Å²) in [6.07, 6.45) is 3.69. The highest BCUT2D eigenvalue weighted by molar-refractivity contribution is 7.17. The fourth-order valence-electron chi connectivity index (χ4n) is 2.61. The van der Waals surface area contributed by atoms with Gasteiger partial charge in [-0.25, -0.2) is 14.6 Å². The summed E-state index contributed by atoms with van der Waals surface area (Å²) in [7, 11) is 0. The summed E-state index contributed by atoms with van der Waals surface area (Å²) in [5, 5.41) is 9.56. The third-order valence-electron chi connectivity index (χ3n) is 4.01. The van der Waals surface area contributed by atoms with Crippen LogP contribution >= 0.6 is 11.3 Å². The summed E-state index contributed by atoms with van der Waals surface area (Å²) < 4.78 is 0. The molecule has 0 aromatic carbocycles. The van der Waals surface area contributed by atoms with Gasteiger partial charge in [-0.2, -0.15) is 0 Å². The molecule has 108 valence electrons. The molecule has 1 aromatic rings. The zero-order chi connectivity index (χ0) is 14.3. The number of aromatic nitrogens is 1. The summed E-state index contributed by atoms with van der Waals surface area (Å²) in [4.78, 5) is 31.3. The van der Waals surface area contributed by atoms with E-state index in [4.69, 9.17) is 5.11 Å². The zero-order valence-electron chi connectivity index (χ0n) is 11.3. The molecule has 20 heavy (non-hydrogen) atoms. The Morgan fingerprint density at radius 3 is 2.75 bits per heavy atom. The van der Waals surface area contributed by atoms with Crippen LogP contribution in [-0.2, 0) is 0 Å². The highest BCUT2D eigenvalue weighted by atomic mass is 32.1. The van der Waals surface area contributed by atoms with Gasteiger partial charge >= 0.3 is 12.0 Å². The normalized spacial score (nSPS) is 19.6. The number of aromatic carboxylic acids is 1. The molecule has 1 aliphatic carbocycles. The van der Waals surface area contributed by atoms with Crippen LogP contribution in [0.2, 0.25) is 0 Å². The Labute approximate surface area is 121 Å². The van der Waals surface area contributed by atoms with Crippen LogP contribution in [-0.4, -0.2) is 46.6 Å². The fourth-order valence-corrected chi connectivity index (χ4v) is 3.54. The molecule has 2 fully saturated rings. The van der Waals surface area contributed by atoms with Crippen molar-refractivity contribution in [3.63, 3.8) is 0 Å². The summed E-state index contributed by atoms with van der Waals surface area (Å²) in [6.45, 7) is 3.79. The van der Waals surface area contributed by atoms with Gasteiger partial charge in [0, 0.05) is 19.6 Å². The van der Waals surface area contributed by atoms with Crippen molar-refractivity contribution in [3.05, 3.63) is 10.6 Å². The molecule has 1 saturated heterocycles. The van der Waals surface area contributed by atoms with Crippen molar-refractivity contribution < 1.29 is 14.7 Å². The number of aryl methyl sites for hydroxylation is 1. The van der Waals surface area contributed by atoms with Crippen molar-refractivity contribution >= 4 is 28.5 Å². The van der Waals surface area contributed by atoms with Crippen LogP contribution in [0.25, 0.3) is 0 Å². The molecule has 0 radical (unpaired) electrons. The van der Waals surface area contributed by atoms with Gasteiger partial charge in [0.1, 0.15) is 4.88 Å². The monoisotopic (exact) mass is 295 g/mol. The number of carbonyl (C=O) groups excluding carboxylic acids is 1. The van der Waals surface area contributed by atoms with Crippen molar-refractivity contribution in [2.75, 3.05) is 24.5 Å². The lowest BCUT2D eigenvalue weighted by molar-refractivity contribution is 0.0701. The SMILES string of the molecule is Cc1nc(N2CCN(CC3CCC3)C2=O)sc1C(=O)O. The van der Waals surface area contributed by atoms with E-state index in [-0.39, 0.29) is 10.9 Å². The average Bonchev–Trinajstić information content (AvgIpc) is 2.88. The lowest BCUT2D eigenvalue weighted by atomic mass is 9.85. The third kappa shape index (κ3) is 2.26. The second-order valence-electron chi connectivity index (χ2n) is 5.39. The number of amides is 2. The van der Waals surface area contributed by atoms with Gasteiger partial charge in [-0.15, -0.1) is 0 Å². The molecule has 1 aromatic heterocycles. The van der Waals surface area contributed by atoms with Crippen LogP contribution in [0.1, 0.15) is 34.6 Å². The Kier molecular flexibility index (Phi) is 3.37. The van der Waals surface area contributed by atoms with Gasteiger partial charge in [0.2, 0.25) is 0 Å². The number of urea groups is 1. The van der Waals surface area contributed by atoms with Gasteiger partial charge in [0.25, 0.3) is 0 Å². The lowest BCUT2D eigenvalue weighted by Gasteiger charge is -2.29. The van der Waals surface area contributed by atoms with Crippen molar-refractivity contribution in [3.8, 4) is 0 Å². The van der Waals surface area contributed by atoms with Gasteiger partial charge in [-0.05, 0) is 25.7 Å². The maximum Gasteiger partial charge on any atom is 0.347 e. The van der Waals surface area contributed by atoms with E-state index >= 15 is 0 Å². The summed E-state index contributed by atoms with van der Waals surface area (Å²) in [5.41, 5.74) is 0.475. The number of carboxylic acids is 1. The third-order valence-corrected chi connectivity index (χ3v) is 5.18. The second kappa shape index (κ2) is 5.05. The summed E-state index contributed by atoms with van der Waals surface area (Å²) in [6, 6.07) is -0.0393. The minimum atomic E-state index is -0.982. The molecule has 1 saturated carbocycles. The summed E-state index contributed by atoms with van der Waals surface area (Å²) >= 11 is 1.08. The highest BCUT2D eigenvalue weighted by Crippen LogP contribution is 2.31. The molecular weight excluding hydrogens is 278 g/mol. The van der Waals surface area contributed by atoms with Gasteiger partial charge in [-0.3, -0.25) is 4.90 Å². The lowest BCUT2D eigenvalue weighted by Crippen LogP contribution is -2.36. The molecule has 1 N–H and O–H groups in total. The molecule has 6 nitrogen and oxygen atoms in total. The Morgan fingerprint density at radius 2 is 2.20 bits per heavy atom. The minimum absolute atomic E-state index is 0.0393. The Bertz CT molecular complexity index is 553. The molecular formula is C13H17N3O3S. The maximum absolute atomic E-state index is 12.3. The number of rotatable bonds is 4. The van der Waals surface area contributed by atoms with Crippen LogP contribution in [0, 0.1) is 12.8 Å². The van der Waals surface area contributed by atoms with Crippen LogP contribution in [0.4, 0.5) is 9.93 Å². The number of thiazole rings is 1. The predicted octanol–water partition coefficient (Wildman–Crippen LogP) is 2.19. The number of carboxylic acid groups (broad SMARTS) is 1. The predicted molar refractivity (Wildman–Crippen MR) is 75.5 cm³/mol. The van der Waals surface area contributed by atoms with Crippen molar-refractivity contribution in [1.29, 1.82) is 0 Å². The number of anilines is 1. The molecule has 7 heteroatoms. The summed E-state index contributed by atoms with van der Waals surface area (Å²) in [5.74, 6) is -0.337. The van der Waals surface area contributed by atoms with Gasteiger partial charge in [0.15, 0.2) is 5.13 Å². The van der Waals surface area contributed by atoms with Crippen LogP contribution in [0.5, 0.6) is 0 Å². The van der Waals surface area contributed by atoms with E-state index in [1.54, 1.807) is 11.8 Å². The van der Waals surface area contributed by atoms with E-state index in [0.29, 0.717) is 29.8 Å². The first-order chi connectivity index (χ1) is 9.56. The van der Waals surface area contributed by atoms with E-state index in [0.717, 1.165) is 17.9 Å². The molecule has 2 aliphatic rings. The molecule has 2 amide bonds. The first-order valence-electron chi connectivity index (χ1n) is 6.83. The van der Waals surface area contributed by atoms with E-state index in [1.807, 2.05) is 4.90 Å². The number of nitrogens with zero attached hydrogens (tertiary/aromatic N) is 3. The molecule has 0 bridgehead atoms. The van der Waals surface area contributed by atoms with Gasteiger partial charge in [-0.1, -0.05) is 17.8 Å². The Balaban J connectivity index is 1.73. The topological polar surface area (TPSA) is 73.7 Å². The fraction of sp³-hybridized carbons (Fsp3) is 0.615. The first-order valence-corrected chi connectivity index (χ1v) is 7.65. The molecule has 2 heterocycles. The smallest absolute Gasteiger partial charge is 0.347 e. The average molecular weight is 295 g/mol. The van der Waals surface area contributed by atoms with Crippen molar-refractivity contribution in [2.45, 2.75) is 26.2 Å². The molecule has 3 rings (SSSR count). The molecule has 1 aliphatic heterocycles. The number of carbonyl (C=O) groups is 2. The molecule has 0 spiro atoms. The minimum Gasteiger partial charge on any atom is -0.477 e. The van der Waals surface area contributed by atoms with E-state index in [1.165, 1.54) is 19.3 Å². The van der Waals surface area contributed by atoms with Crippen molar-refractivity contribution in [2.24, 2.45) is 5.92 Å². The van der Waals surface area contributed by atoms with Crippen molar-refractivity contribution in [1.82, 2.24) is 9.88 Å². The van der Waals surface area contributed by atoms with E-state index < -0.39 is 5.97 Å². The largest absolute Gasteiger partial charge is 0.477 e. The van der Waals surface area contributed by atoms with Crippen LogP contribution < -0.4 is 4.90 Å². The Morgan fingerprint density at radius 1 is 1.45 bits per heavy atom. The standard InChI is InChI=1S/C13H17N3O3S/c1-8-10(11(17)18)20-12(14-8)16-6-5-15(13(16)19)7-9-3-2-4-9/h9H,2-7H2,1H3,(H,17,18). The van der Waals surface area contributed by atoms with Crippen LogP contribution in [0.15, 0.2) is 0 Å². The van der Waals surface area contributed by atoms with Gasteiger partial charge < -0.3 is 10.0 Å². The van der Waals surface area contributed by atoms with Gasteiger partial charge in [0.05, 0.1) is 5.69 Å². The van der Waals surface area contributed by atoms with E-state index in [9.17, 15) is 9.59 Å².